The summed E-state index contributed by atoms with van der Waals surface area (Å²) >= 11 is 0. The number of ether oxygens (including phenoxy) is 1. The number of hydrogen-bond acceptors (Lipinski definition) is 5. The molecule has 1 N–H and O–H groups in total. The molecule has 0 aliphatic carbocycles. The summed E-state index contributed by atoms with van der Waals surface area (Å²) in [5.74, 6) is 0.120. The van der Waals surface area contributed by atoms with Gasteiger partial charge in [0.15, 0.2) is 0 Å². The van der Waals surface area contributed by atoms with Gasteiger partial charge in [-0.3, -0.25) is 10.1 Å². The first-order valence-electron chi connectivity index (χ1n) is 6.81. The molecule has 2 rings (SSSR count). The van der Waals surface area contributed by atoms with Crippen LogP contribution in [0.1, 0.15) is 16.8 Å². The first-order valence-corrected chi connectivity index (χ1v) is 6.81. The number of benzene rings is 1. The van der Waals surface area contributed by atoms with Gasteiger partial charge >= 0.3 is 11.9 Å². The van der Waals surface area contributed by atoms with Crippen molar-refractivity contribution in [1.82, 2.24) is 9.78 Å². The molecule has 1 aromatic heterocycles. The van der Waals surface area contributed by atoms with Gasteiger partial charge in [0.05, 0.1) is 17.6 Å². The van der Waals surface area contributed by atoms with E-state index in [1.54, 1.807) is 0 Å². The Bertz CT molecular complexity index is 771. The van der Waals surface area contributed by atoms with Crippen LogP contribution in [0.2, 0.25) is 0 Å². The Morgan fingerprint density at radius 2 is 2.08 bits per heavy atom. The molecule has 0 saturated heterocycles. The number of halogens is 3. The predicted octanol–water partition coefficient (Wildman–Crippen LogP) is 3.28. The Balaban J connectivity index is 2.35. The van der Waals surface area contributed by atoms with Crippen LogP contribution in [0.5, 0.6) is 5.75 Å². The minimum atomic E-state index is -4.57. The monoisotopic (exact) mass is 344 g/mol. The molecule has 2 aromatic rings. The fraction of sp³-hybridized carbons (Fsp3) is 0.357. The number of alkyl halides is 3. The SMILES string of the molecule is COc1ccc(CNc2c([N+](=O)[O-])c(C)nn2C)c(C(F)(F)F)c1. The van der Waals surface area contributed by atoms with E-state index in [1.807, 2.05) is 0 Å². The smallest absolute Gasteiger partial charge is 0.416 e. The third-order valence-corrected chi connectivity index (χ3v) is 3.44. The Hall–Kier alpha value is -2.78. The van der Waals surface area contributed by atoms with E-state index in [0.29, 0.717) is 0 Å². The summed E-state index contributed by atoms with van der Waals surface area (Å²) in [4.78, 5) is 10.5. The normalized spacial score (nSPS) is 11.4. The van der Waals surface area contributed by atoms with E-state index in [1.165, 1.54) is 37.9 Å². The predicted molar refractivity (Wildman–Crippen MR) is 79.9 cm³/mol. The summed E-state index contributed by atoms with van der Waals surface area (Å²) < 4.78 is 45.6. The van der Waals surface area contributed by atoms with Gasteiger partial charge in [-0.15, -0.1) is 0 Å². The van der Waals surface area contributed by atoms with Gasteiger partial charge in [-0.25, -0.2) is 4.68 Å². The highest BCUT2D eigenvalue weighted by molar-refractivity contribution is 5.59. The second-order valence-corrected chi connectivity index (χ2v) is 5.04. The minimum Gasteiger partial charge on any atom is -0.497 e. The Labute approximate surface area is 135 Å². The summed E-state index contributed by atoms with van der Waals surface area (Å²) in [5, 5.41) is 17.7. The van der Waals surface area contributed by atoms with Crippen molar-refractivity contribution in [3.8, 4) is 5.75 Å². The van der Waals surface area contributed by atoms with Crippen molar-refractivity contribution >= 4 is 11.5 Å². The maximum absolute atomic E-state index is 13.2. The Morgan fingerprint density at radius 3 is 2.62 bits per heavy atom. The molecule has 0 bridgehead atoms. The fourth-order valence-electron chi connectivity index (χ4n) is 2.34. The third-order valence-electron chi connectivity index (χ3n) is 3.44. The standard InChI is InChI=1S/C14H15F3N4O3/c1-8-12(21(22)23)13(20(2)19-8)18-7-9-4-5-10(24-3)6-11(9)14(15,16)17/h4-6,18H,7H2,1-3H3. The summed E-state index contributed by atoms with van der Waals surface area (Å²) in [5.41, 5.74) is -1.01. The van der Waals surface area contributed by atoms with Gasteiger partial charge in [0.2, 0.25) is 5.82 Å². The highest BCUT2D eigenvalue weighted by atomic mass is 19.4. The van der Waals surface area contributed by atoms with Crippen molar-refractivity contribution in [2.75, 3.05) is 12.4 Å². The zero-order valence-corrected chi connectivity index (χ0v) is 13.1. The highest BCUT2D eigenvalue weighted by Crippen LogP contribution is 2.35. The second kappa shape index (κ2) is 6.38. The van der Waals surface area contributed by atoms with Crippen LogP contribution in [0.3, 0.4) is 0 Å². The molecule has 0 amide bonds. The highest BCUT2D eigenvalue weighted by Gasteiger charge is 2.34. The average molecular weight is 344 g/mol. The van der Waals surface area contributed by atoms with Crippen LogP contribution in [-0.4, -0.2) is 21.8 Å². The first kappa shape index (κ1) is 17.6. The van der Waals surface area contributed by atoms with Crippen molar-refractivity contribution in [2.24, 2.45) is 7.05 Å². The molecule has 10 heteroatoms. The summed E-state index contributed by atoms with van der Waals surface area (Å²) in [6.45, 7) is 1.20. The van der Waals surface area contributed by atoms with E-state index in [0.717, 1.165) is 6.07 Å². The van der Waals surface area contributed by atoms with Crippen LogP contribution in [-0.2, 0) is 19.8 Å². The molecule has 0 spiro atoms. The van der Waals surface area contributed by atoms with Crippen LogP contribution < -0.4 is 10.1 Å². The van der Waals surface area contributed by atoms with Crippen molar-refractivity contribution in [3.63, 3.8) is 0 Å². The molecule has 1 aromatic carbocycles. The molecule has 0 unspecified atom stereocenters. The number of methoxy groups -OCH3 is 1. The summed E-state index contributed by atoms with van der Waals surface area (Å²) in [6.07, 6.45) is -4.57. The zero-order valence-electron chi connectivity index (χ0n) is 13.1. The largest absolute Gasteiger partial charge is 0.497 e. The van der Waals surface area contributed by atoms with Gasteiger partial charge in [0.25, 0.3) is 0 Å². The van der Waals surface area contributed by atoms with Crippen LogP contribution in [0.25, 0.3) is 0 Å². The number of nitrogens with zero attached hydrogens (tertiary/aromatic N) is 3. The van der Waals surface area contributed by atoms with Crippen molar-refractivity contribution in [2.45, 2.75) is 19.6 Å². The number of hydrogen-bond donors (Lipinski definition) is 1. The molecule has 0 aliphatic rings. The second-order valence-electron chi connectivity index (χ2n) is 5.04. The molecule has 0 radical (unpaired) electrons. The van der Waals surface area contributed by atoms with Crippen molar-refractivity contribution in [3.05, 3.63) is 45.1 Å². The van der Waals surface area contributed by atoms with Gasteiger partial charge < -0.3 is 10.1 Å². The summed E-state index contributed by atoms with van der Waals surface area (Å²) in [6, 6.07) is 3.55. The van der Waals surface area contributed by atoms with Crippen molar-refractivity contribution < 1.29 is 22.8 Å². The molecule has 7 nitrogen and oxygen atoms in total. The fourth-order valence-corrected chi connectivity index (χ4v) is 2.34. The van der Waals surface area contributed by atoms with Crippen molar-refractivity contribution in [1.29, 1.82) is 0 Å². The molecule has 0 saturated carbocycles. The number of rotatable bonds is 5. The molecule has 1 heterocycles. The molecule has 0 atom stereocenters. The minimum absolute atomic E-state index is 0.0430. The van der Waals surface area contributed by atoms with Gasteiger partial charge in [-0.2, -0.15) is 18.3 Å². The lowest BCUT2D eigenvalue weighted by molar-refractivity contribution is -0.384. The molecule has 24 heavy (non-hydrogen) atoms. The van der Waals surface area contributed by atoms with E-state index in [-0.39, 0.29) is 35.1 Å². The van der Waals surface area contributed by atoms with E-state index < -0.39 is 16.7 Å². The molecule has 0 aliphatic heterocycles. The average Bonchev–Trinajstić information content (AvgIpc) is 2.77. The maximum atomic E-state index is 13.2. The molecule has 130 valence electrons. The van der Waals surface area contributed by atoms with E-state index >= 15 is 0 Å². The van der Waals surface area contributed by atoms with Gasteiger partial charge in [-0.1, -0.05) is 6.07 Å². The zero-order chi connectivity index (χ0) is 18.1. The number of nitro groups is 1. The number of aryl methyl sites for hydroxylation is 2. The third kappa shape index (κ3) is 3.42. The van der Waals surface area contributed by atoms with Crippen LogP contribution in [0, 0.1) is 17.0 Å². The van der Waals surface area contributed by atoms with E-state index in [2.05, 4.69) is 10.4 Å². The lowest BCUT2D eigenvalue weighted by Crippen LogP contribution is -2.13. The summed E-state index contributed by atoms with van der Waals surface area (Å²) in [7, 11) is 2.75. The first-order chi connectivity index (χ1) is 11.1. The molecular formula is C14H15F3N4O3. The van der Waals surface area contributed by atoms with Crippen LogP contribution in [0.15, 0.2) is 18.2 Å². The van der Waals surface area contributed by atoms with E-state index in [9.17, 15) is 23.3 Å². The van der Waals surface area contributed by atoms with Crippen LogP contribution in [0.4, 0.5) is 24.7 Å². The quantitative estimate of drug-likeness (QED) is 0.665. The van der Waals surface area contributed by atoms with Crippen LogP contribution >= 0.6 is 0 Å². The van der Waals surface area contributed by atoms with Gasteiger partial charge in [-0.05, 0) is 24.6 Å². The topological polar surface area (TPSA) is 82.2 Å². The van der Waals surface area contributed by atoms with Gasteiger partial charge in [0, 0.05) is 13.6 Å². The lowest BCUT2D eigenvalue weighted by Gasteiger charge is -2.15. The number of nitrogens with one attached hydrogen (secondary N) is 1. The lowest BCUT2D eigenvalue weighted by atomic mass is 10.1. The molecular weight excluding hydrogens is 329 g/mol. The maximum Gasteiger partial charge on any atom is 0.416 e. The Kier molecular flexibility index (Phi) is 4.67. The molecule has 0 fully saturated rings. The number of aromatic nitrogens is 2. The van der Waals surface area contributed by atoms with Gasteiger partial charge in [0.1, 0.15) is 11.4 Å². The Morgan fingerprint density at radius 1 is 1.42 bits per heavy atom. The van der Waals surface area contributed by atoms with E-state index in [4.69, 9.17) is 4.74 Å². The number of anilines is 1.